The van der Waals surface area contributed by atoms with Crippen molar-refractivity contribution < 1.29 is 5.11 Å². The van der Waals surface area contributed by atoms with Gasteiger partial charge in [0.25, 0.3) is 0 Å². The number of aromatic nitrogens is 1. The Labute approximate surface area is 111 Å². The second kappa shape index (κ2) is 4.18. The quantitative estimate of drug-likeness (QED) is 0.899. The maximum Gasteiger partial charge on any atom is 0.0958 e. The standard InChI is InChI=1S/C15H17NOS/c1-10-3-4-12-5-6-15(17,14(12)7-10)8-13-9-18-11(2)16-13/h3-4,7,9,17H,5-6,8H2,1-2H3. The van der Waals surface area contributed by atoms with E-state index in [9.17, 15) is 5.11 Å². The first kappa shape index (κ1) is 11.9. The smallest absolute Gasteiger partial charge is 0.0958 e. The van der Waals surface area contributed by atoms with Gasteiger partial charge in [0.2, 0.25) is 0 Å². The third-order valence-corrected chi connectivity index (χ3v) is 4.54. The summed E-state index contributed by atoms with van der Waals surface area (Å²) in [6, 6.07) is 6.40. The lowest BCUT2D eigenvalue weighted by Crippen LogP contribution is -2.25. The molecule has 1 aromatic heterocycles. The highest BCUT2D eigenvalue weighted by atomic mass is 32.1. The van der Waals surface area contributed by atoms with Crippen LogP contribution in [0.25, 0.3) is 0 Å². The molecule has 1 aliphatic carbocycles. The van der Waals surface area contributed by atoms with Gasteiger partial charge in [-0.2, -0.15) is 0 Å². The van der Waals surface area contributed by atoms with Crippen LogP contribution in [-0.4, -0.2) is 10.1 Å². The van der Waals surface area contributed by atoms with Gasteiger partial charge in [-0.15, -0.1) is 11.3 Å². The fraction of sp³-hybridized carbons (Fsp3) is 0.400. The predicted octanol–water partition coefficient (Wildman–Crippen LogP) is 3.14. The minimum Gasteiger partial charge on any atom is -0.385 e. The summed E-state index contributed by atoms with van der Waals surface area (Å²) in [5, 5.41) is 14.0. The Hall–Kier alpha value is -1.19. The lowest BCUT2D eigenvalue weighted by molar-refractivity contribution is 0.0381. The normalized spacial score (nSPS) is 22.2. The van der Waals surface area contributed by atoms with Gasteiger partial charge in [-0.3, -0.25) is 0 Å². The van der Waals surface area contributed by atoms with E-state index in [1.54, 1.807) is 11.3 Å². The Kier molecular flexibility index (Phi) is 2.76. The molecule has 0 amide bonds. The van der Waals surface area contributed by atoms with Gasteiger partial charge in [0.05, 0.1) is 16.3 Å². The Bertz CT molecular complexity index is 590. The van der Waals surface area contributed by atoms with E-state index in [2.05, 4.69) is 35.5 Å². The van der Waals surface area contributed by atoms with Gasteiger partial charge >= 0.3 is 0 Å². The van der Waals surface area contributed by atoms with Crippen LogP contribution in [-0.2, 0) is 18.4 Å². The van der Waals surface area contributed by atoms with Crippen LogP contribution in [0.4, 0.5) is 0 Å². The number of benzene rings is 1. The monoisotopic (exact) mass is 259 g/mol. The Morgan fingerprint density at radius 1 is 1.39 bits per heavy atom. The van der Waals surface area contributed by atoms with E-state index in [1.807, 2.05) is 6.92 Å². The highest BCUT2D eigenvalue weighted by molar-refractivity contribution is 7.09. The van der Waals surface area contributed by atoms with Crippen molar-refractivity contribution in [1.29, 1.82) is 0 Å². The van der Waals surface area contributed by atoms with E-state index in [4.69, 9.17) is 0 Å². The number of hydrogen-bond donors (Lipinski definition) is 1. The van der Waals surface area contributed by atoms with Crippen LogP contribution in [0.15, 0.2) is 23.6 Å². The van der Waals surface area contributed by atoms with Crippen molar-refractivity contribution in [3.63, 3.8) is 0 Å². The number of aliphatic hydroxyl groups is 1. The zero-order valence-electron chi connectivity index (χ0n) is 10.7. The average molecular weight is 259 g/mol. The van der Waals surface area contributed by atoms with Crippen molar-refractivity contribution >= 4 is 11.3 Å². The van der Waals surface area contributed by atoms with E-state index in [1.165, 1.54) is 11.1 Å². The predicted molar refractivity (Wildman–Crippen MR) is 74.0 cm³/mol. The summed E-state index contributed by atoms with van der Waals surface area (Å²) >= 11 is 1.65. The van der Waals surface area contributed by atoms with Crippen LogP contribution >= 0.6 is 11.3 Å². The molecule has 0 bridgehead atoms. The lowest BCUT2D eigenvalue weighted by Gasteiger charge is -2.23. The van der Waals surface area contributed by atoms with Gasteiger partial charge in [-0.25, -0.2) is 4.98 Å². The van der Waals surface area contributed by atoms with Gasteiger partial charge in [0.1, 0.15) is 0 Å². The molecule has 1 N–H and O–H groups in total. The van der Waals surface area contributed by atoms with E-state index < -0.39 is 5.60 Å². The molecule has 0 spiro atoms. The van der Waals surface area contributed by atoms with E-state index in [0.717, 1.165) is 29.1 Å². The summed E-state index contributed by atoms with van der Waals surface area (Å²) in [5.41, 5.74) is 3.89. The first-order valence-electron chi connectivity index (χ1n) is 6.30. The van der Waals surface area contributed by atoms with Crippen molar-refractivity contribution in [3.8, 4) is 0 Å². The number of thiazole rings is 1. The van der Waals surface area contributed by atoms with E-state index in [-0.39, 0.29) is 0 Å². The van der Waals surface area contributed by atoms with Crippen molar-refractivity contribution in [3.05, 3.63) is 51.0 Å². The van der Waals surface area contributed by atoms with Crippen LogP contribution in [0.3, 0.4) is 0 Å². The Morgan fingerprint density at radius 2 is 2.22 bits per heavy atom. The highest BCUT2D eigenvalue weighted by Crippen LogP contribution is 2.39. The summed E-state index contributed by atoms with van der Waals surface area (Å²) in [5.74, 6) is 0. The molecule has 2 nitrogen and oxygen atoms in total. The molecular weight excluding hydrogens is 242 g/mol. The molecule has 0 fully saturated rings. The zero-order valence-corrected chi connectivity index (χ0v) is 11.5. The highest BCUT2D eigenvalue weighted by Gasteiger charge is 2.37. The molecule has 18 heavy (non-hydrogen) atoms. The first-order chi connectivity index (χ1) is 8.57. The number of hydrogen-bond acceptors (Lipinski definition) is 3. The topological polar surface area (TPSA) is 33.1 Å². The van der Waals surface area contributed by atoms with E-state index in [0.29, 0.717) is 6.42 Å². The third kappa shape index (κ3) is 1.98. The summed E-state index contributed by atoms with van der Waals surface area (Å²) in [4.78, 5) is 4.47. The molecule has 3 heteroatoms. The van der Waals surface area contributed by atoms with Crippen LogP contribution < -0.4 is 0 Å². The largest absolute Gasteiger partial charge is 0.385 e. The van der Waals surface area contributed by atoms with Crippen LogP contribution in [0.2, 0.25) is 0 Å². The maximum absolute atomic E-state index is 10.9. The van der Waals surface area contributed by atoms with Crippen LogP contribution in [0.5, 0.6) is 0 Å². The van der Waals surface area contributed by atoms with Gasteiger partial charge in [0.15, 0.2) is 0 Å². The molecule has 2 aromatic rings. The summed E-state index contributed by atoms with van der Waals surface area (Å²) in [6.45, 7) is 4.08. The van der Waals surface area contributed by atoms with Gasteiger partial charge in [0, 0.05) is 11.8 Å². The minimum absolute atomic E-state index is 0.633. The van der Waals surface area contributed by atoms with Crippen LogP contribution in [0.1, 0.15) is 33.8 Å². The molecule has 1 atom stereocenters. The molecule has 1 unspecified atom stereocenters. The molecule has 0 saturated heterocycles. The van der Waals surface area contributed by atoms with Crippen molar-refractivity contribution in [2.75, 3.05) is 0 Å². The fourth-order valence-corrected chi connectivity index (χ4v) is 3.40. The molecule has 94 valence electrons. The van der Waals surface area contributed by atoms with Crippen molar-refractivity contribution in [2.24, 2.45) is 0 Å². The molecule has 3 rings (SSSR count). The molecule has 1 aliphatic rings. The molecular formula is C15H17NOS. The molecule has 0 saturated carbocycles. The summed E-state index contributed by atoms with van der Waals surface area (Å²) in [7, 11) is 0. The fourth-order valence-electron chi connectivity index (χ4n) is 2.79. The summed E-state index contributed by atoms with van der Waals surface area (Å²) in [6.07, 6.45) is 2.41. The zero-order chi connectivity index (χ0) is 12.8. The second-order valence-electron chi connectivity index (χ2n) is 5.23. The van der Waals surface area contributed by atoms with Gasteiger partial charge in [-0.1, -0.05) is 23.8 Å². The Balaban J connectivity index is 1.96. The molecule has 1 heterocycles. The minimum atomic E-state index is -0.720. The third-order valence-electron chi connectivity index (χ3n) is 3.71. The SMILES string of the molecule is Cc1ccc2c(c1)C(O)(Cc1csc(C)n1)CC2. The average Bonchev–Trinajstić information content (AvgIpc) is 2.85. The van der Waals surface area contributed by atoms with Crippen molar-refractivity contribution in [2.45, 2.75) is 38.7 Å². The molecule has 0 aliphatic heterocycles. The number of rotatable bonds is 2. The Morgan fingerprint density at radius 3 is 2.94 bits per heavy atom. The lowest BCUT2D eigenvalue weighted by atomic mass is 9.90. The maximum atomic E-state index is 10.9. The van der Waals surface area contributed by atoms with E-state index >= 15 is 0 Å². The van der Waals surface area contributed by atoms with Crippen LogP contribution in [0, 0.1) is 13.8 Å². The summed E-state index contributed by atoms with van der Waals surface area (Å²) < 4.78 is 0. The number of aryl methyl sites for hydroxylation is 3. The number of fused-ring (bicyclic) bond motifs is 1. The molecule has 1 aromatic carbocycles. The first-order valence-corrected chi connectivity index (χ1v) is 7.18. The number of nitrogens with zero attached hydrogens (tertiary/aromatic N) is 1. The van der Waals surface area contributed by atoms with Crippen molar-refractivity contribution in [1.82, 2.24) is 4.98 Å². The van der Waals surface area contributed by atoms with Gasteiger partial charge < -0.3 is 5.11 Å². The second-order valence-corrected chi connectivity index (χ2v) is 6.29. The van der Waals surface area contributed by atoms with Gasteiger partial charge in [-0.05, 0) is 37.8 Å². The molecule has 0 radical (unpaired) electrons.